The summed E-state index contributed by atoms with van der Waals surface area (Å²) in [5.74, 6) is -0.419. The topological polar surface area (TPSA) is 65.7 Å². The van der Waals surface area contributed by atoms with Crippen LogP contribution in [0.4, 0.5) is 4.39 Å². The summed E-state index contributed by atoms with van der Waals surface area (Å²) in [5.41, 5.74) is 5.08. The molecule has 1 aliphatic carbocycles. The summed E-state index contributed by atoms with van der Waals surface area (Å²) in [6.45, 7) is 4.68. The molecule has 1 aliphatic heterocycles. The Morgan fingerprint density at radius 1 is 1.06 bits per heavy atom. The number of hydrogen-bond donors (Lipinski definition) is 0. The molecule has 1 saturated heterocycles. The molecule has 176 valence electrons. The number of aryl methyl sites for hydroxylation is 2. The predicted octanol–water partition coefficient (Wildman–Crippen LogP) is 6.56. The van der Waals surface area contributed by atoms with Crippen molar-refractivity contribution in [3.63, 3.8) is 0 Å². The molecule has 0 spiro atoms. The van der Waals surface area contributed by atoms with Crippen LogP contribution in [-0.2, 0) is 4.74 Å². The second kappa shape index (κ2) is 9.76. The van der Waals surface area contributed by atoms with Crippen LogP contribution in [0.1, 0.15) is 61.2 Å². The molecular formula is C26H27ClFN5O. The summed E-state index contributed by atoms with van der Waals surface area (Å²) < 4.78 is 21.9. The van der Waals surface area contributed by atoms with Gasteiger partial charge in [-0.3, -0.25) is 9.67 Å². The van der Waals surface area contributed by atoms with Gasteiger partial charge < -0.3 is 4.74 Å². The molecule has 2 fully saturated rings. The Morgan fingerprint density at radius 3 is 2.62 bits per heavy atom. The summed E-state index contributed by atoms with van der Waals surface area (Å²) in [6, 6.07) is 6.97. The molecule has 8 heteroatoms. The van der Waals surface area contributed by atoms with Crippen molar-refractivity contribution in [1.29, 1.82) is 0 Å². The maximum atomic E-state index is 14.1. The molecule has 3 aromatic heterocycles. The molecule has 4 heterocycles. The lowest BCUT2D eigenvalue weighted by molar-refractivity contribution is 0.0149. The maximum absolute atomic E-state index is 14.1. The zero-order valence-electron chi connectivity index (χ0n) is 19.3. The predicted molar refractivity (Wildman–Crippen MR) is 130 cm³/mol. The number of pyridine rings is 1. The van der Waals surface area contributed by atoms with Crippen molar-refractivity contribution in [1.82, 2.24) is 24.7 Å². The largest absolute Gasteiger partial charge is 0.373 e. The van der Waals surface area contributed by atoms with E-state index < -0.39 is 5.82 Å². The second-order valence-electron chi connectivity index (χ2n) is 8.89. The smallest absolute Gasteiger partial charge is 0.134 e. The summed E-state index contributed by atoms with van der Waals surface area (Å²) in [7, 11) is 0. The average molecular weight is 480 g/mol. The minimum atomic E-state index is -0.419. The SMILES string of the molecule is Cc1nc2ccnc(-c3ccc(Cl)cc3F)c2nc1C.c1nn(C2CC2)cc1C1CCCCO1. The van der Waals surface area contributed by atoms with Gasteiger partial charge in [0.2, 0.25) is 0 Å². The lowest BCUT2D eigenvalue weighted by atomic mass is 10.0. The average Bonchev–Trinajstić information content (AvgIpc) is 3.57. The number of halogens is 2. The van der Waals surface area contributed by atoms with Gasteiger partial charge in [0, 0.05) is 35.2 Å². The van der Waals surface area contributed by atoms with Gasteiger partial charge in [-0.25, -0.2) is 14.4 Å². The van der Waals surface area contributed by atoms with Gasteiger partial charge in [0.25, 0.3) is 0 Å². The van der Waals surface area contributed by atoms with Crippen LogP contribution in [-0.4, -0.2) is 31.3 Å². The van der Waals surface area contributed by atoms with Gasteiger partial charge in [0.05, 0.1) is 35.2 Å². The van der Waals surface area contributed by atoms with Gasteiger partial charge in [-0.15, -0.1) is 0 Å². The van der Waals surface area contributed by atoms with Gasteiger partial charge in [0.1, 0.15) is 17.0 Å². The number of rotatable bonds is 3. The van der Waals surface area contributed by atoms with Crippen molar-refractivity contribution in [2.24, 2.45) is 0 Å². The van der Waals surface area contributed by atoms with Crippen LogP contribution in [0.2, 0.25) is 5.02 Å². The molecule has 0 bridgehead atoms. The van der Waals surface area contributed by atoms with Crippen LogP contribution >= 0.6 is 11.6 Å². The number of ether oxygens (including phenoxy) is 1. The number of hydrogen-bond acceptors (Lipinski definition) is 5. The van der Waals surface area contributed by atoms with Gasteiger partial charge in [-0.1, -0.05) is 11.6 Å². The Kier molecular flexibility index (Phi) is 6.57. The molecular weight excluding hydrogens is 453 g/mol. The minimum absolute atomic E-state index is 0.316. The number of nitrogens with zero attached hydrogens (tertiary/aromatic N) is 5. The highest BCUT2D eigenvalue weighted by molar-refractivity contribution is 6.30. The zero-order chi connectivity index (χ0) is 23.7. The van der Waals surface area contributed by atoms with E-state index in [-0.39, 0.29) is 0 Å². The third-order valence-electron chi connectivity index (χ3n) is 6.27. The summed E-state index contributed by atoms with van der Waals surface area (Å²) in [6.07, 6.45) is 12.3. The maximum Gasteiger partial charge on any atom is 0.134 e. The number of benzene rings is 1. The van der Waals surface area contributed by atoms with E-state index >= 15 is 0 Å². The first-order valence-electron chi connectivity index (χ1n) is 11.7. The van der Waals surface area contributed by atoms with E-state index in [0.717, 1.165) is 24.4 Å². The molecule has 0 amide bonds. The second-order valence-corrected chi connectivity index (χ2v) is 9.32. The molecule has 0 radical (unpaired) electrons. The van der Waals surface area contributed by atoms with E-state index in [4.69, 9.17) is 16.3 Å². The Hall–Kier alpha value is -2.90. The summed E-state index contributed by atoms with van der Waals surface area (Å²) in [4.78, 5) is 13.2. The number of fused-ring (bicyclic) bond motifs is 1. The van der Waals surface area contributed by atoms with E-state index in [1.54, 1.807) is 24.4 Å². The number of aromatic nitrogens is 5. The molecule has 1 atom stereocenters. The Labute approximate surface area is 203 Å². The highest BCUT2D eigenvalue weighted by atomic mass is 35.5. The van der Waals surface area contributed by atoms with Crippen LogP contribution in [0, 0.1) is 19.7 Å². The molecule has 2 aliphatic rings. The standard InChI is InChI=1S/C15H11ClFN3.C11H16N2O/c1-8-9(2)20-15-13(19-8)5-6-18-14(15)11-4-3-10(16)7-12(11)17;1-2-6-14-11(3-1)9-7-12-13(8-9)10-4-5-10/h3-7H,1-2H3;7-8,10-11H,1-6H2. The van der Waals surface area contributed by atoms with Crippen LogP contribution in [0.5, 0.6) is 0 Å². The van der Waals surface area contributed by atoms with Gasteiger partial charge in [0.15, 0.2) is 0 Å². The van der Waals surface area contributed by atoms with Crippen molar-refractivity contribution in [3.8, 4) is 11.3 Å². The van der Waals surface area contributed by atoms with Crippen molar-refractivity contribution >= 4 is 22.6 Å². The first-order chi connectivity index (χ1) is 16.5. The van der Waals surface area contributed by atoms with E-state index in [2.05, 4.69) is 30.9 Å². The lowest BCUT2D eigenvalue weighted by Crippen LogP contribution is -2.10. The van der Waals surface area contributed by atoms with Crippen molar-refractivity contribution in [3.05, 3.63) is 70.6 Å². The minimum Gasteiger partial charge on any atom is -0.373 e. The molecule has 0 N–H and O–H groups in total. The van der Waals surface area contributed by atoms with Crippen LogP contribution in [0.3, 0.4) is 0 Å². The third kappa shape index (κ3) is 4.95. The molecule has 6 rings (SSSR count). The molecule has 1 aromatic carbocycles. The normalized spacial score (nSPS) is 17.9. The molecule has 4 aromatic rings. The van der Waals surface area contributed by atoms with E-state index in [1.165, 1.54) is 37.3 Å². The third-order valence-corrected chi connectivity index (χ3v) is 6.51. The lowest BCUT2D eigenvalue weighted by Gasteiger charge is -2.21. The van der Waals surface area contributed by atoms with Crippen molar-refractivity contribution in [2.45, 2.75) is 58.1 Å². The first-order valence-corrected chi connectivity index (χ1v) is 12.1. The Balaban J connectivity index is 0.000000150. The van der Waals surface area contributed by atoms with E-state index in [0.29, 0.717) is 39.5 Å². The monoisotopic (exact) mass is 479 g/mol. The van der Waals surface area contributed by atoms with Crippen LogP contribution in [0.15, 0.2) is 42.9 Å². The Bertz CT molecular complexity index is 1310. The first kappa shape index (κ1) is 22.9. The highest BCUT2D eigenvalue weighted by Gasteiger charge is 2.26. The fourth-order valence-corrected chi connectivity index (χ4v) is 4.25. The molecule has 1 unspecified atom stereocenters. The quantitative estimate of drug-likeness (QED) is 0.333. The summed E-state index contributed by atoms with van der Waals surface area (Å²) >= 11 is 5.78. The molecule has 6 nitrogen and oxygen atoms in total. The molecule has 34 heavy (non-hydrogen) atoms. The van der Waals surface area contributed by atoms with Crippen molar-refractivity contribution < 1.29 is 9.13 Å². The van der Waals surface area contributed by atoms with Gasteiger partial charge in [-0.05, 0) is 70.2 Å². The summed E-state index contributed by atoms with van der Waals surface area (Å²) in [5, 5.41) is 4.74. The van der Waals surface area contributed by atoms with Gasteiger partial charge >= 0.3 is 0 Å². The van der Waals surface area contributed by atoms with Gasteiger partial charge in [-0.2, -0.15) is 5.10 Å². The van der Waals surface area contributed by atoms with Crippen molar-refractivity contribution in [2.75, 3.05) is 6.61 Å². The van der Waals surface area contributed by atoms with E-state index in [1.807, 2.05) is 20.0 Å². The zero-order valence-corrected chi connectivity index (χ0v) is 20.1. The van der Waals surface area contributed by atoms with E-state index in [9.17, 15) is 4.39 Å². The van der Waals surface area contributed by atoms with Crippen LogP contribution in [0.25, 0.3) is 22.3 Å². The van der Waals surface area contributed by atoms with Crippen LogP contribution < -0.4 is 0 Å². The fourth-order valence-electron chi connectivity index (χ4n) is 4.09. The highest BCUT2D eigenvalue weighted by Crippen LogP contribution is 2.36. The fraction of sp³-hybridized carbons (Fsp3) is 0.385. The molecule has 1 saturated carbocycles. The Morgan fingerprint density at radius 2 is 1.88 bits per heavy atom.